The van der Waals surface area contributed by atoms with Crippen molar-refractivity contribution < 1.29 is 0 Å². The minimum Gasteiger partial charge on any atom is -0.313 e. The summed E-state index contributed by atoms with van der Waals surface area (Å²) in [6.07, 6.45) is 2.43. The van der Waals surface area contributed by atoms with Crippen LogP contribution in [0.25, 0.3) is 0 Å². The molecule has 0 aliphatic rings. The second kappa shape index (κ2) is 9.11. The Kier molecular flexibility index (Phi) is 7.76. The highest BCUT2D eigenvalue weighted by Gasteiger charge is 2.18. The number of hydrogen-bond donors (Lipinski definition) is 1. The van der Waals surface area contributed by atoms with E-state index in [2.05, 4.69) is 68.2 Å². The van der Waals surface area contributed by atoms with Crippen LogP contribution in [0, 0.1) is 0 Å². The molecule has 2 heteroatoms. The Hall–Kier alpha value is -0.860. The predicted octanol–water partition coefficient (Wildman–Crippen LogP) is 3.85. The van der Waals surface area contributed by atoms with Crippen molar-refractivity contribution in [3.63, 3.8) is 0 Å². The summed E-state index contributed by atoms with van der Waals surface area (Å²) >= 11 is 0. The first-order valence-electron chi connectivity index (χ1n) is 7.71. The van der Waals surface area contributed by atoms with Gasteiger partial charge in [-0.25, -0.2) is 0 Å². The fourth-order valence-corrected chi connectivity index (χ4v) is 2.48. The molecule has 0 saturated carbocycles. The SMILES string of the molecule is CCCN(CCC)C(CNC(C)C)c1ccccc1. The van der Waals surface area contributed by atoms with E-state index in [1.807, 2.05) is 0 Å². The van der Waals surface area contributed by atoms with E-state index in [1.54, 1.807) is 0 Å². The van der Waals surface area contributed by atoms with Gasteiger partial charge in [-0.15, -0.1) is 0 Å². The molecule has 0 aliphatic heterocycles. The normalized spacial score (nSPS) is 13.2. The van der Waals surface area contributed by atoms with Crippen LogP contribution in [0.5, 0.6) is 0 Å². The molecular weight excluding hydrogens is 232 g/mol. The molecule has 0 fully saturated rings. The first kappa shape index (κ1) is 16.2. The summed E-state index contributed by atoms with van der Waals surface area (Å²) in [7, 11) is 0. The van der Waals surface area contributed by atoms with Crippen molar-refractivity contribution in [3.05, 3.63) is 35.9 Å². The van der Waals surface area contributed by atoms with E-state index in [1.165, 1.54) is 31.5 Å². The van der Waals surface area contributed by atoms with E-state index in [-0.39, 0.29) is 0 Å². The van der Waals surface area contributed by atoms with Gasteiger partial charge in [0.15, 0.2) is 0 Å². The summed E-state index contributed by atoms with van der Waals surface area (Å²) in [4.78, 5) is 2.62. The third kappa shape index (κ3) is 5.75. The molecule has 2 nitrogen and oxygen atoms in total. The molecule has 0 amide bonds. The Morgan fingerprint density at radius 2 is 1.58 bits per heavy atom. The molecule has 0 bridgehead atoms. The van der Waals surface area contributed by atoms with Crippen LogP contribution in [-0.4, -0.2) is 30.6 Å². The minimum absolute atomic E-state index is 0.489. The van der Waals surface area contributed by atoms with Crippen molar-refractivity contribution >= 4 is 0 Å². The minimum atomic E-state index is 0.489. The maximum atomic E-state index is 3.60. The molecule has 1 aromatic rings. The van der Waals surface area contributed by atoms with Crippen LogP contribution in [0.15, 0.2) is 30.3 Å². The fourth-order valence-electron chi connectivity index (χ4n) is 2.48. The number of nitrogens with zero attached hydrogens (tertiary/aromatic N) is 1. The van der Waals surface area contributed by atoms with E-state index in [0.717, 1.165) is 6.54 Å². The number of hydrogen-bond acceptors (Lipinski definition) is 2. The second-order valence-corrected chi connectivity index (χ2v) is 5.53. The van der Waals surface area contributed by atoms with Crippen LogP contribution >= 0.6 is 0 Å². The third-order valence-corrected chi connectivity index (χ3v) is 3.37. The van der Waals surface area contributed by atoms with Gasteiger partial charge in [0.1, 0.15) is 0 Å². The van der Waals surface area contributed by atoms with Crippen LogP contribution in [0.2, 0.25) is 0 Å². The van der Waals surface area contributed by atoms with Crippen LogP contribution < -0.4 is 5.32 Å². The zero-order valence-electron chi connectivity index (χ0n) is 13.0. The van der Waals surface area contributed by atoms with Gasteiger partial charge in [0, 0.05) is 18.6 Å². The Labute approximate surface area is 119 Å². The van der Waals surface area contributed by atoms with Crippen molar-refractivity contribution in [2.75, 3.05) is 19.6 Å². The lowest BCUT2D eigenvalue weighted by Crippen LogP contribution is -2.39. The summed E-state index contributed by atoms with van der Waals surface area (Å²) in [5, 5.41) is 3.60. The zero-order chi connectivity index (χ0) is 14.1. The van der Waals surface area contributed by atoms with Gasteiger partial charge in [-0.1, -0.05) is 58.0 Å². The molecule has 0 aromatic heterocycles. The monoisotopic (exact) mass is 262 g/mol. The quantitative estimate of drug-likeness (QED) is 0.727. The Morgan fingerprint density at radius 3 is 2.05 bits per heavy atom. The van der Waals surface area contributed by atoms with E-state index in [4.69, 9.17) is 0 Å². The highest BCUT2D eigenvalue weighted by atomic mass is 15.2. The van der Waals surface area contributed by atoms with Gasteiger partial charge in [0.05, 0.1) is 0 Å². The number of rotatable bonds is 9. The standard InChI is InChI=1S/C17H30N2/c1-5-12-19(13-6-2)17(14-18-15(3)4)16-10-8-7-9-11-16/h7-11,15,17-18H,5-6,12-14H2,1-4H3. The molecule has 0 heterocycles. The van der Waals surface area contributed by atoms with Crippen LogP contribution in [0.3, 0.4) is 0 Å². The number of nitrogens with one attached hydrogen (secondary N) is 1. The molecule has 19 heavy (non-hydrogen) atoms. The number of benzene rings is 1. The summed E-state index contributed by atoms with van der Waals surface area (Å²) in [6, 6.07) is 11.9. The Morgan fingerprint density at radius 1 is 1.00 bits per heavy atom. The average Bonchev–Trinajstić information content (AvgIpc) is 2.40. The maximum Gasteiger partial charge on any atom is 0.0472 e. The highest BCUT2D eigenvalue weighted by Crippen LogP contribution is 2.20. The van der Waals surface area contributed by atoms with Gasteiger partial charge in [0.25, 0.3) is 0 Å². The van der Waals surface area contributed by atoms with Gasteiger partial charge in [-0.3, -0.25) is 4.90 Å². The molecule has 0 aliphatic carbocycles. The Balaban J connectivity index is 2.82. The first-order valence-corrected chi connectivity index (χ1v) is 7.71. The summed E-state index contributed by atoms with van der Waals surface area (Å²) in [5.74, 6) is 0. The summed E-state index contributed by atoms with van der Waals surface area (Å²) in [5.41, 5.74) is 1.43. The van der Waals surface area contributed by atoms with Crippen molar-refractivity contribution in [1.82, 2.24) is 10.2 Å². The molecule has 0 radical (unpaired) electrons. The molecule has 108 valence electrons. The largest absolute Gasteiger partial charge is 0.313 e. The zero-order valence-corrected chi connectivity index (χ0v) is 13.0. The predicted molar refractivity (Wildman–Crippen MR) is 84.5 cm³/mol. The summed E-state index contributed by atoms with van der Waals surface area (Å²) < 4.78 is 0. The molecule has 0 saturated heterocycles. The lowest BCUT2D eigenvalue weighted by Gasteiger charge is -2.32. The lowest BCUT2D eigenvalue weighted by molar-refractivity contribution is 0.190. The van der Waals surface area contributed by atoms with Crippen LogP contribution in [0.1, 0.15) is 52.1 Å². The van der Waals surface area contributed by atoms with Crippen LogP contribution in [0.4, 0.5) is 0 Å². The van der Waals surface area contributed by atoms with E-state index >= 15 is 0 Å². The van der Waals surface area contributed by atoms with Gasteiger partial charge in [-0.2, -0.15) is 0 Å². The maximum absolute atomic E-state index is 3.60. The fraction of sp³-hybridized carbons (Fsp3) is 0.647. The molecule has 1 rings (SSSR count). The lowest BCUT2D eigenvalue weighted by atomic mass is 10.0. The Bertz CT molecular complexity index is 315. The second-order valence-electron chi connectivity index (χ2n) is 5.53. The van der Waals surface area contributed by atoms with Gasteiger partial charge in [0.2, 0.25) is 0 Å². The molecule has 1 aromatic carbocycles. The van der Waals surface area contributed by atoms with Gasteiger partial charge in [-0.05, 0) is 31.5 Å². The van der Waals surface area contributed by atoms with Gasteiger partial charge >= 0.3 is 0 Å². The molecule has 1 N–H and O–H groups in total. The smallest absolute Gasteiger partial charge is 0.0472 e. The van der Waals surface area contributed by atoms with Crippen molar-refractivity contribution in [3.8, 4) is 0 Å². The first-order chi connectivity index (χ1) is 9.19. The molecule has 0 spiro atoms. The molecule has 1 unspecified atom stereocenters. The molecule has 1 atom stereocenters. The van der Waals surface area contributed by atoms with Crippen molar-refractivity contribution in [2.45, 2.75) is 52.6 Å². The topological polar surface area (TPSA) is 15.3 Å². The third-order valence-electron chi connectivity index (χ3n) is 3.37. The van der Waals surface area contributed by atoms with Crippen LogP contribution in [-0.2, 0) is 0 Å². The highest BCUT2D eigenvalue weighted by molar-refractivity contribution is 5.19. The molecular formula is C17H30N2. The van der Waals surface area contributed by atoms with E-state index in [9.17, 15) is 0 Å². The van der Waals surface area contributed by atoms with E-state index in [0.29, 0.717) is 12.1 Å². The summed E-state index contributed by atoms with van der Waals surface area (Å²) in [6.45, 7) is 12.3. The van der Waals surface area contributed by atoms with E-state index < -0.39 is 0 Å². The van der Waals surface area contributed by atoms with Crippen molar-refractivity contribution in [2.24, 2.45) is 0 Å². The average molecular weight is 262 g/mol. The van der Waals surface area contributed by atoms with Gasteiger partial charge < -0.3 is 5.32 Å². The van der Waals surface area contributed by atoms with Crippen molar-refractivity contribution in [1.29, 1.82) is 0 Å².